The second-order valence-corrected chi connectivity index (χ2v) is 13.6. The SMILES string of the molecule is CS(=O)(=O)O.C[C@@H](CNCCNC[C@H](C)N1C(=O)c2cccc3cc([N+](=O)[O-])cc(c23)C1=O)N1C(=O)c2cccc3cc([N+](=O)[O-])cc(c23)C1=O. The van der Waals surface area contributed by atoms with Gasteiger partial charge in [0.1, 0.15) is 0 Å². The molecule has 0 unspecified atom stereocenters. The van der Waals surface area contributed by atoms with Gasteiger partial charge in [-0.25, -0.2) is 0 Å². The molecular weight excluding hydrogens is 688 g/mol. The predicted molar refractivity (Wildman–Crippen MR) is 184 cm³/mol. The molecule has 0 saturated carbocycles. The van der Waals surface area contributed by atoms with E-state index in [1.807, 2.05) is 0 Å². The van der Waals surface area contributed by atoms with Crippen molar-refractivity contribution in [2.24, 2.45) is 0 Å². The zero-order valence-corrected chi connectivity index (χ0v) is 28.3. The highest BCUT2D eigenvalue weighted by molar-refractivity contribution is 7.85. The summed E-state index contributed by atoms with van der Waals surface area (Å²) in [4.78, 5) is 77.4. The van der Waals surface area contributed by atoms with E-state index in [9.17, 15) is 47.8 Å². The van der Waals surface area contributed by atoms with E-state index in [1.165, 1.54) is 24.3 Å². The lowest BCUT2D eigenvalue weighted by Crippen LogP contribution is -2.51. The van der Waals surface area contributed by atoms with Crippen LogP contribution in [0.1, 0.15) is 55.3 Å². The van der Waals surface area contributed by atoms with Gasteiger partial charge in [0.05, 0.1) is 27.2 Å². The molecule has 6 rings (SSSR count). The number of imide groups is 2. The largest absolute Gasteiger partial charge is 0.313 e. The van der Waals surface area contributed by atoms with Gasteiger partial charge in [0.15, 0.2) is 0 Å². The van der Waals surface area contributed by atoms with Crippen molar-refractivity contribution in [1.29, 1.82) is 0 Å². The van der Waals surface area contributed by atoms with Crippen LogP contribution in [0.15, 0.2) is 60.7 Å². The van der Waals surface area contributed by atoms with Gasteiger partial charge in [-0.05, 0) is 36.8 Å². The number of amides is 4. The molecule has 266 valence electrons. The number of nitro groups is 2. The van der Waals surface area contributed by atoms with Gasteiger partial charge in [0, 0.05) is 84.4 Å². The van der Waals surface area contributed by atoms with Gasteiger partial charge in [0.2, 0.25) is 0 Å². The van der Waals surface area contributed by atoms with E-state index in [0.717, 1.165) is 9.80 Å². The first-order valence-corrected chi connectivity index (χ1v) is 17.4. The van der Waals surface area contributed by atoms with Crippen LogP contribution in [0.2, 0.25) is 0 Å². The van der Waals surface area contributed by atoms with Crippen molar-refractivity contribution in [3.05, 3.63) is 103 Å². The fraction of sp³-hybridized carbons (Fsp3) is 0.273. The van der Waals surface area contributed by atoms with Crippen molar-refractivity contribution in [2.75, 3.05) is 32.4 Å². The van der Waals surface area contributed by atoms with E-state index in [2.05, 4.69) is 10.6 Å². The number of hydrogen-bond acceptors (Lipinski definition) is 12. The van der Waals surface area contributed by atoms with Crippen LogP contribution < -0.4 is 10.6 Å². The standard InChI is InChI=1S/C32H28N6O8.CH4O3S/c1-17(35-29(39)23-7-3-5-19-11-21(37(43)44)13-25(27(19)23)31(35)41)15-33-9-10-34-16-18(2)36-30(40)24-8-4-6-20-12-22(38(45)46)14-26(28(20)24)32(36)42;1-5(2,3)4/h3-8,11-14,17-18,33-34H,9-10,15-16H2,1-2H3;1H3,(H,2,3,4)/t17-,18-;/m0./s1. The molecule has 0 fully saturated rings. The number of hydrogen-bond donors (Lipinski definition) is 3. The van der Waals surface area contributed by atoms with E-state index >= 15 is 0 Å². The zero-order chi connectivity index (χ0) is 37.4. The third-order valence-corrected chi connectivity index (χ3v) is 8.38. The molecule has 4 aromatic rings. The lowest BCUT2D eigenvalue weighted by molar-refractivity contribution is -0.384. The third-order valence-electron chi connectivity index (χ3n) is 8.38. The summed E-state index contributed by atoms with van der Waals surface area (Å²) in [6, 6.07) is 13.7. The fourth-order valence-electron chi connectivity index (χ4n) is 6.21. The number of nitrogens with zero attached hydrogens (tertiary/aromatic N) is 4. The molecule has 51 heavy (non-hydrogen) atoms. The van der Waals surface area contributed by atoms with Gasteiger partial charge in [-0.1, -0.05) is 24.3 Å². The fourth-order valence-corrected chi connectivity index (χ4v) is 6.21. The third kappa shape index (κ3) is 7.43. The first-order chi connectivity index (χ1) is 24.0. The summed E-state index contributed by atoms with van der Waals surface area (Å²) in [6.07, 6.45) is 0.715. The number of non-ortho nitro benzene ring substituents is 2. The Labute approximate surface area is 290 Å². The highest BCUT2D eigenvalue weighted by Gasteiger charge is 2.38. The van der Waals surface area contributed by atoms with Crippen molar-refractivity contribution >= 4 is 66.7 Å². The van der Waals surface area contributed by atoms with E-state index in [-0.39, 0.29) is 35.6 Å². The smallest absolute Gasteiger partial charge is 0.270 e. The number of carbonyl (C=O) groups is 4. The van der Waals surface area contributed by atoms with Crippen molar-refractivity contribution < 1.29 is 42.0 Å². The predicted octanol–water partition coefficient (Wildman–Crippen LogP) is 3.16. The molecule has 2 heterocycles. The molecule has 0 bridgehead atoms. The molecule has 2 atom stereocenters. The second kappa shape index (κ2) is 14.3. The van der Waals surface area contributed by atoms with Crippen LogP contribution in [-0.2, 0) is 10.1 Å². The summed E-state index contributed by atoms with van der Waals surface area (Å²) in [7, 11) is -3.67. The number of nitrogens with one attached hydrogen (secondary N) is 2. The zero-order valence-electron chi connectivity index (χ0n) is 27.5. The summed E-state index contributed by atoms with van der Waals surface area (Å²) in [5.74, 6) is -2.15. The Kier molecular flexibility index (Phi) is 10.2. The van der Waals surface area contributed by atoms with Crippen LogP contribution in [0.3, 0.4) is 0 Å². The quantitative estimate of drug-likeness (QED) is 0.0664. The Hall–Kier alpha value is -5.69. The molecule has 4 amide bonds. The van der Waals surface area contributed by atoms with Crippen molar-refractivity contribution in [3.63, 3.8) is 0 Å². The van der Waals surface area contributed by atoms with Crippen molar-refractivity contribution in [2.45, 2.75) is 25.9 Å². The second-order valence-electron chi connectivity index (χ2n) is 12.1. The molecule has 3 N–H and O–H groups in total. The van der Waals surface area contributed by atoms with E-state index in [1.54, 1.807) is 50.2 Å². The van der Waals surface area contributed by atoms with Crippen molar-refractivity contribution in [3.8, 4) is 0 Å². The number of benzene rings is 4. The van der Waals surface area contributed by atoms with E-state index in [4.69, 9.17) is 4.55 Å². The average molecular weight is 721 g/mol. The first-order valence-electron chi connectivity index (χ1n) is 15.5. The lowest BCUT2D eigenvalue weighted by Gasteiger charge is -2.32. The van der Waals surface area contributed by atoms with E-state index in [0.29, 0.717) is 52.0 Å². The highest BCUT2D eigenvalue weighted by Crippen LogP contribution is 2.35. The lowest BCUT2D eigenvalue weighted by atomic mass is 9.92. The number of carbonyl (C=O) groups excluding carboxylic acids is 4. The maximum Gasteiger partial charge on any atom is 0.270 e. The number of rotatable bonds is 11. The van der Waals surface area contributed by atoms with Gasteiger partial charge < -0.3 is 10.6 Å². The van der Waals surface area contributed by atoms with Crippen LogP contribution >= 0.6 is 0 Å². The van der Waals surface area contributed by atoms with Gasteiger partial charge in [-0.3, -0.25) is 53.8 Å². The Morgan fingerprint density at radius 1 is 0.667 bits per heavy atom. The molecule has 2 aliphatic rings. The van der Waals surface area contributed by atoms with Crippen molar-refractivity contribution in [1.82, 2.24) is 20.4 Å². The minimum Gasteiger partial charge on any atom is -0.313 e. The Morgan fingerprint density at radius 2 is 1.00 bits per heavy atom. The van der Waals surface area contributed by atoms with Crippen LogP contribution in [0, 0.1) is 20.2 Å². The summed E-state index contributed by atoms with van der Waals surface area (Å²) in [5.41, 5.74) is 0.363. The minimum atomic E-state index is -3.67. The topological polar surface area (TPSA) is 239 Å². The summed E-state index contributed by atoms with van der Waals surface area (Å²) in [6.45, 7) is 4.74. The van der Waals surface area contributed by atoms with Gasteiger partial charge >= 0.3 is 0 Å². The van der Waals surface area contributed by atoms with Gasteiger partial charge in [0.25, 0.3) is 45.1 Å². The number of nitro benzene ring substituents is 2. The molecular formula is C33H32N6O11S. The molecule has 4 aromatic carbocycles. The minimum absolute atomic E-state index is 0.108. The molecule has 17 nitrogen and oxygen atoms in total. The molecule has 2 aliphatic heterocycles. The summed E-state index contributed by atoms with van der Waals surface area (Å²) < 4.78 is 25.9. The average Bonchev–Trinajstić information content (AvgIpc) is 3.06. The summed E-state index contributed by atoms with van der Waals surface area (Å²) >= 11 is 0. The van der Waals surface area contributed by atoms with Crippen LogP contribution in [0.4, 0.5) is 11.4 Å². The van der Waals surface area contributed by atoms with Crippen LogP contribution in [0.5, 0.6) is 0 Å². The first kappa shape index (κ1) is 36.6. The highest BCUT2D eigenvalue weighted by atomic mass is 32.2. The van der Waals surface area contributed by atoms with Crippen LogP contribution in [0.25, 0.3) is 21.5 Å². The van der Waals surface area contributed by atoms with Gasteiger partial charge in [-0.15, -0.1) is 0 Å². The Morgan fingerprint density at radius 3 is 1.33 bits per heavy atom. The normalized spacial score (nSPS) is 15.1. The monoisotopic (exact) mass is 720 g/mol. The molecule has 0 saturated heterocycles. The summed E-state index contributed by atoms with van der Waals surface area (Å²) in [5, 5.41) is 31.0. The maximum absolute atomic E-state index is 13.4. The molecule has 18 heteroatoms. The maximum atomic E-state index is 13.4. The molecule has 0 aliphatic carbocycles. The van der Waals surface area contributed by atoms with E-state index < -0.39 is 55.7 Å². The van der Waals surface area contributed by atoms with Gasteiger partial charge in [-0.2, -0.15) is 8.42 Å². The molecule has 0 spiro atoms. The molecule has 0 aromatic heterocycles. The van der Waals surface area contributed by atoms with Crippen LogP contribution in [-0.4, -0.2) is 101 Å². The Balaban J connectivity index is 0.000000943. The Bertz CT molecular complexity index is 2110. The molecule has 0 radical (unpaired) electrons.